The molecule has 0 radical (unpaired) electrons. The van der Waals surface area contributed by atoms with Crippen molar-refractivity contribution in [3.8, 4) is 6.07 Å². The first-order valence-electron chi connectivity index (χ1n) is 4.98. The van der Waals surface area contributed by atoms with Crippen LogP contribution in [0.1, 0.15) is 19.5 Å². The zero-order valence-electron chi connectivity index (χ0n) is 9.45. The molecule has 2 aromatic rings. The maximum atomic E-state index is 13.0. The number of pyridine rings is 1. The highest BCUT2D eigenvalue weighted by Crippen LogP contribution is 2.27. The Bertz CT molecular complexity index is 590. The molecule has 0 fully saturated rings. The average Bonchev–Trinajstić information content (AvgIpc) is 2.56. The molecule has 2 rings (SSSR count). The van der Waals surface area contributed by atoms with Crippen LogP contribution in [0.25, 0.3) is 11.0 Å². The third-order valence-electron chi connectivity index (χ3n) is 2.75. The number of nitriles is 1. The van der Waals surface area contributed by atoms with E-state index in [1.165, 1.54) is 12.3 Å². The molecule has 16 heavy (non-hydrogen) atoms. The minimum absolute atomic E-state index is 0.362. The molecule has 0 N–H and O–H groups in total. The van der Waals surface area contributed by atoms with E-state index >= 15 is 0 Å². The van der Waals surface area contributed by atoms with Gasteiger partial charge in [-0.1, -0.05) is 0 Å². The fourth-order valence-corrected chi connectivity index (χ4v) is 1.85. The molecule has 2 aromatic heterocycles. The van der Waals surface area contributed by atoms with Gasteiger partial charge in [0.05, 0.1) is 17.7 Å². The lowest BCUT2D eigenvalue weighted by atomic mass is 9.91. The van der Waals surface area contributed by atoms with Crippen molar-refractivity contribution in [1.29, 1.82) is 5.26 Å². The van der Waals surface area contributed by atoms with Crippen molar-refractivity contribution in [1.82, 2.24) is 9.55 Å². The van der Waals surface area contributed by atoms with Crippen LogP contribution in [-0.4, -0.2) is 9.55 Å². The number of rotatable bonds is 1. The lowest BCUT2D eigenvalue weighted by Gasteiger charge is -2.16. The van der Waals surface area contributed by atoms with Crippen molar-refractivity contribution in [2.45, 2.75) is 19.3 Å². The standard InChI is InChI=1S/C12H12FN3/c1-12(2,7-14)10-5-8-4-9(13)6-15-11(8)16(10)3/h4-6H,1-3H3. The molecular weight excluding hydrogens is 205 g/mol. The summed E-state index contributed by atoms with van der Waals surface area (Å²) >= 11 is 0. The second kappa shape index (κ2) is 3.31. The van der Waals surface area contributed by atoms with E-state index in [0.717, 1.165) is 11.1 Å². The number of hydrogen-bond donors (Lipinski definition) is 0. The highest BCUT2D eigenvalue weighted by atomic mass is 19.1. The van der Waals surface area contributed by atoms with Crippen LogP contribution in [0.2, 0.25) is 0 Å². The average molecular weight is 217 g/mol. The molecule has 0 saturated heterocycles. The molecule has 0 aliphatic heterocycles. The Morgan fingerprint density at radius 3 is 2.75 bits per heavy atom. The normalized spacial score (nSPS) is 11.7. The van der Waals surface area contributed by atoms with Gasteiger partial charge < -0.3 is 4.57 Å². The maximum Gasteiger partial charge on any atom is 0.142 e. The summed E-state index contributed by atoms with van der Waals surface area (Å²) in [6.45, 7) is 3.66. The summed E-state index contributed by atoms with van der Waals surface area (Å²) in [4.78, 5) is 4.03. The largest absolute Gasteiger partial charge is 0.331 e. The summed E-state index contributed by atoms with van der Waals surface area (Å²) in [6.07, 6.45) is 1.19. The van der Waals surface area contributed by atoms with E-state index in [9.17, 15) is 4.39 Å². The molecule has 0 atom stereocenters. The molecule has 0 aromatic carbocycles. The van der Waals surface area contributed by atoms with Crippen LogP contribution in [0.4, 0.5) is 4.39 Å². The van der Waals surface area contributed by atoms with E-state index in [1.807, 2.05) is 31.5 Å². The molecule has 0 aliphatic carbocycles. The molecular formula is C12H12FN3. The summed E-state index contributed by atoms with van der Waals surface area (Å²) in [5, 5.41) is 9.82. The van der Waals surface area contributed by atoms with E-state index in [0.29, 0.717) is 5.65 Å². The third-order valence-corrected chi connectivity index (χ3v) is 2.75. The predicted octanol–water partition coefficient (Wildman–Crippen LogP) is 2.51. The van der Waals surface area contributed by atoms with Gasteiger partial charge in [-0.2, -0.15) is 5.26 Å². The molecule has 0 aliphatic rings. The summed E-state index contributed by atoms with van der Waals surface area (Å²) in [5.74, 6) is -0.362. The lowest BCUT2D eigenvalue weighted by molar-refractivity contribution is 0.620. The van der Waals surface area contributed by atoms with Crippen LogP contribution in [0.3, 0.4) is 0 Å². The molecule has 0 bridgehead atoms. The molecule has 2 heterocycles. The van der Waals surface area contributed by atoms with Gasteiger partial charge in [0.15, 0.2) is 0 Å². The van der Waals surface area contributed by atoms with E-state index in [2.05, 4.69) is 11.1 Å². The monoisotopic (exact) mass is 217 g/mol. The second-order valence-electron chi connectivity index (χ2n) is 4.39. The first kappa shape index (κ1) is 10.6. The zero-order chi connectivity index (χ0) is 11.9. The first-order chi connectivity index (χ1) is 7.45. The van der Waals surface area contributed by atoms with Gasteiger partial charge in [0, 0.05) is 18.1 Å². The molecule has 0 unspecified atom stereocenters. The highest BCUT2D eigenvalue weighted by molar-refractivity contribution is 5.78. The quantitative estimate of drug-likeness (QED) is 0.736. The fraction of sp³-hybridized carbons (Fsp3) is 0.333. The van der Waals surface area contributed by atoms with Gasteiger partial charge in [-0.3, -0.25) is 0 Å². The fourth-order valence-electron chi connectivity index (χ4n) is 1.85. The van der Waals surface area contributed by atoms with Gasteiger partial charge in [-0.15, -0.1) is 0 Å². The summed E-state index contributed by atoms with van der Waals surface area (Å²) < 4.78 is 14.9. The van der Waals surface area contributed by atoms with Gasteiger partial charge in [0.2, 0.25) is 0 Å². The van der Waals surface area contributed by atoms with Crippen molar-refractivity contribution in [2.75, 3.05) is 0 Å². The van der Waals surface area contributed by atoms with Crippen LogP contribution in [0.15, 0.2) is 18.3 Å². The predicted molar refractivity (Wildman–Crippen MR) is 59.3 cm³/mol. The van der Waals surface area contributed by atoms with Gasteiger partial charge >= 0.3 is 0 Å². The number of nitrogens with zero attached hydrogens (tertiary/aromatic N) is 3. The van der Waals surface area contributed by atoms with Crippen molar-refractivity contribution in [2.24, 2.45) is 7.05 Å². The van der Waals surface area contributed by atoms with E-state index in [1.54, 1.807) is 0 Å². The minimum atomic E-state index is -0.605. The molecule has 4 heteroatoms. The number of aryl methyl sites for hydroxylation is 1. The number of halogens is 1. The third kappa shape index (κ3) is 1.45. The van der Waals surface area contributed by atoms with E-state index in [4.69, 9.17) is 5.26 Å². The van der Waals surface area contributed by atoms with Crippen LogP contribution in [-0.2, 0) is 12.5 Å². The van der Waals surface area contributed by atoms with E-state index in [-0.39, 0.29) is 5.82 Å². The summed E-state index contributed by atoms with van der Waals surface area (Å²) in [7, 11) is 1.83. The Labute approximate surface area is 93.1 Å². The van der Waals surface area contributed by atoms with Gasteiger partial charge in [-0.25, -0.2) is 9.37 Å². The Balaban J connectivity index is 2.75. The van der Waals surface area contributed by atoms with Gasteiger partial charge in [-0.05, 0) is 26.0 Å². The summed E-state index contributed by atoms with van der Waals surface area (Å²) in [5.41, 5.74) is 0.925. The minimum Gasteiger partial charge on any atom is -0.331 e. The van der Waals surface area contributed by atoms with Crippen LogP contribution < -0.4 is 0 Å². The topological polar surface area (TPSA) is 41.6 Å². The molecule has 0 amide bonds. The van der Waals surface area contributed by atoms with E-state index < -0.39 is 5.41 Å². The molecule has 0 saturated carbocycles. The lowest BCUT2D eigenvalue weighted by Crippen LogP contribution is -2.18. The first-order valence-corrected chi connectivity index (χ1v) is 4.98. The van der Waals surface area contributed by atoms with Crippen molar-refractivity contribution >= 4 is 11.0 Å². The highest BCUT2D eigenvalue weighted by Gasteiger charge is 2.24. The Morgan fingerprint density at radius 1 is 1.44 bits per heavy atom. The van der Waals surface area contributed by atoms with Crippen molar-refractivity contribution in [3.63, 3.8) is 0 Å². The van der Waals surface area contributed by atoms with Gasteiger partial charge in [0.25, 0.3) is 0 Å². The van der Waals surface area contributed by atoms with Crippen molar-refractivity contribution < 1.29 is 4.39 Å². The smallest absolute Gasteiger partial charge is 0.142 e. The van der Waals surface area contributed by atoms with Crippen LogP contribution in [0, 0.1) is 17.1 Å². The zero-order valence-corrected chi connectivity index (χ0v) is 9.45. The molecule has 82 valence electrons. The Morgan fingerprint density at radius 2 is 2.12 bits per heavy atom. The number of aromatic nitrogens is 2. The Hall–Kier alpha value is -1.89. The van der Waals surface area contributed by atoms with Crippen LogP contribution >= 0.6 is 0 Å². The van der Waals surface area contributed by atoms with Crippen molar-refractivity contribution in [3.05, 3.63) is 29.8 Å². The van der Waals surface area contributed by atoms with Gasteiger partial charge in [0.1, 0.15) is 11.5 Å². The number of hydrogen-bond acceptors (Lipinski definition) is 2. The molecule has 3 nitrogen and oxygen atoms in total. The SMILES string of the molecule is Cn1c(C(C)(C)C#N)cc2cc(F)cnc21. The second-order valence-corrected chi connectivity index (χ2v) is 4.39. The summed E-state index contributed by atoms with van der Waals surface area (Å²) in [6, 6.07) is 5.48. The Kier molecular flexibility index (Phi) is 2.20. The molecule has 0 spiro atoms. The maximum absolute atomic E-state index is 13.0. The van der Waals surface area contributed by atoms with Crippen LogP contribution in [0.5, 0.6) is 0 Å². The number of fused-ring (bicyclic) bond motifs is 1.